The molecule has 1 N–H and O–H groups in total. The second-order valence-corrected chi connectivity index (χ2v) is 6.96. The van der Waals surface area contributed by atoms with Crippen molar-refractivity contribution in [1.82, 2.24) is 0 Å². The average molecular weight is 286 g/mol. The van der Waals surface area contributed by atoms with Gasteiger partial charge in [-0.2, -0.15) is 0 Å². The molecule has 1 saturated heterocycles. The van der Waals surface area contributed by atoms with Gasteiger partial charge in [-0.05, 0) is 31.0 Å². The highest BCUT2D eigenvalue weighted by Gasteiger charge is 2.30. The summed E-state index contributed by atoms with van der Waals surface area (Å²) in [6.45, 7) is 1.67. The van der Waals surface area contributed by atoms with Gasteiger partial charge in [-0.15, -0.1) is 0 Å². The van der Waals surface area contributed by atoms with Crippen LogP contribution in [-0.2, 0) is 9.84 Å². The van der Waals surface area contributed by atoms with Crippen LogP contribution in [0.15, 0.2) is 18.2 Å². The molecule has 0 aromatic heterocycles. The maximum absolute atomic E-state index is 11.4. The van der Waals surface area contributed by atoms with Gasteiger partial charge in [-0.1, -0.05) is 6.07 Å². The van der Waals surface area contributed by atoms with Gasteiger partial charge in [0, 0.05) is 0 Å². The third-order valence-electron chi connectivity index (χ3n) is 3.15. The predicted molar refractivity (Wildman–Crippen MR) is 71.3 cm³/mol. The molecule has 106 valence electrons. The number of hydrogen-bond donors (Lipinski definition) is 1. The zero-order chi connectivity index (χ0) is 14.0. The number of rotatable bonds is 4. The summed E-state index contributed by atoms with van der Waals surface area (Å²) in [5.74, 6) is 1.23. The van der Waals surface area contributed by atoms with Crippen molar-refractivity contribution in [1.29, 1.82) is 0 Å². The fraction of sp³-hybridized carbons (Fsp3) is 0.538. The van der Waals surface area contributed by atoms with Gasteiger partial charge < -0.3 is 14.6 Å². The highest BCUT2D eigenvalue weighted by Crippen LogP contribution is 2.32. The first kappa shape index (κ1) is 14.1. The second-order valence-electron chi connectivity index (χ2n) is 4.73. The van der Waals surface area contributed by atoms with Crippen LogP contribution >= 0.6 is 0 Å². The standard InChI is InChI=1S/C13H18O5S/c1-9(14)10-3-4-12(13(7-10)17-2)18-11-5-6-19(15,16)8-11/h3-4,7,9,11,14H,5-6,8H2,1-2H3/t9-,11?/m0/s1. The molecule has 19 heavy (non-hydrogen) atoms. The van der Waals surface area contributed by atoms with Gasteiger partial charge in [0.05, 0.1) is 24.7 Å². The summed E-state index contributed by atoms with van der Waals surface area (Å²) in [6.07, 6.45) is -0.407. The van der Waals surface area contributed by atoms with Gasteiger partial charge in [-0.3, -0.25) is 0 Å². The summed E-state index contributed by atoms with van der Waals surface area (Å²) in [5.41, 5.74) is 0.725. The van der Waals surface area contributed by atoms with Crippen molar-refractivity contribution in [2.75, 3.05) is 18.6 Å². The summed E-state index contributed by atoms with van der Waals surface area (Å²) in [6, 6.07) is 5.14. The number of ether oxygens (including phenoxy) is 2. The Morgan fingerprint density at radius 2 is 2.11 bits per heavy atom. The van der Waals surface area contributed by atoms with Crippen LogP contribution in [0.5, 0.6) is 11.5 Å². The first-order chi connectivity index (χ1) is 8.91. The van der Waals surface area contributed by atoms with E-state index in [2.05, 4.69) is 0 Å². The van der Waals surface area contributed by atoms with Crippen molar-refractivity contribution in [3.63, 3.8) is 0 Å². The minimum absolute atomic E-state index is 0.0499. The normalized spacial score (nSPS) is 23.0. The summed E-state index contributed by atoms with van der Waals surface area (Å²) < 4.78 is 33.7. The number of hydrogen-bond acceptors (Lipinski definition) is 5. The molecule has 0 aliphatic carbocycles. The van der Waals surface area contributed by atoms with Crippen molar-refractivity contribution in [2.45, 2.75) is 25.6 Å². The number of benzene rings is 1. The summed E-state index contributed by atoms with van der Waals surface area (Å²) in [4.78, 5) is 0. The Kier molecular flexibility index (Phi) is 4.01. The number of methoxy groups -OCH3 is 1. The molecule has 0 radical (unpaired) electrons. The van der Waals surface area contributed by atoms with E-state index < -0.39 is 15.9 Å². The van der Waals surface area contributed by atoms with Crippen LogP contribution in [0.2, 0.25) is 0 Å². The third kappa shape index (κ3) is 3.39. The second kappa shape index (κ2) is 5.38. The predicted octanol–water partition coefficient (Wildman–Crippen LogP) is 1.31. The maximum atomic E-state index is 11.4. The molecular weight excluding hydrogens is 268 g/mol. The van der Waals surface area contributed by atoms with Crippen molar-refractivity contribution >= 4 is 9.84 Å². The third-order valence-corrected chi connectivity index (χ3v) is 4.89. The van der Waals surface area contributed by atoms with E-state index in [1.807, 2.05) is 0 Å². The molecule has 0 spiro atoms. The lowest BCUT2D eigenvalue weighted by atomic mass is 10.1. The largest absolute Gasteiger partial charge is 0.493 e. The Labute approximate surface area is 113 Å². The lowest BCUT2D eigenvalue weighted by molar-refractivity contribution is 0.197. The van der Waals surface area contributed by atoms with Crippen molar-refractivity contribution in [3.05, 3.63) is 23.8 Å². The first-order valence-electron chi connectivity index (χ1n) is 6.14. The van der Waals surface area contributed by atoms with Gasteiger partial charge in [0.15, 0.2) is 21.3 Å². The quantitative estimate of drug-likeness (QED) is 0.903. The fourth-order valence-corrected chi connectivity index (χ4v) is 3.66. The van der Waals surface area contributed by atoms with E-state index in [1.54, 1.807) is 25.1 Å². The molecule has 2 rings (SSSR count). The zero-order valence-corrected chi connectivity index (χ0v) is 11.8. The molecule has 2 atom stereocenters. The van der Waals surface area contributed by atoms with E-state index in [1.165, 1.54) is 7.11 Å². The van der Waals surface area contributed by atoms with E-state index in [0.717, 1.165) is 5.56 Å². The molecule has 1 unspecified atom stereocenters. The van der Waals surface area contributed by atoms with Crippen LogP contribution in [0.1, 0.15) is 25.0 Å². The lowest BCUT2D eigenvalue weighted by Crippen LogP contribution is -2.18. The van der Waals surface area contributed by atoms with Crippen LogP contribution in [0.3, 0.4) is 0 Å². The molecule has 1 fully saturated rings. The van der Waals surface area contributed by atoms with E-state index >= 15 is 0 Å². The minimum atomic E-state index is -2.96. The SMILES string of the molecule is COc1cc([C@H](C)O)ccc1OC1CCS(=O)(=O)C1. The number of sulfone groups is 1. The lowest BCUT2D eigenvalue weighted by Gasteiger charge is -2.16. The van der Waals surface area contributed by atoms with Crippen molar-refractivity contribution < 1.29 is 23.0 Å². The number of aliphatic hydroxyl groups excluding tert-OH is 1. The molecular formula is C13H18O5S. The number of aliphatic hydroxyl groups is 1. The zero-order valence-electron chi connectivity index (χ0n) is 11.0. The van der Waals surface area contributed by atoms with Crippen LogP contribution in [0, 0.1) is 0 Å². The molecule has 1 heterocycles. The molecule has 1 aliphatic rings. The van der Waals surface area contributed by atoms with Crippen molar-refractivity contribution in [3.8, 4) is 11.5 Å². The van der Waals surface area contributed by atoms with E-state index in [4.69, 9.17) is 9.47 Å². The Hall–Kier alpha value is -1.27. The first-order valence-corrected chi connectivity index (χ1v) is 7.96. The Balaban J connectivity index is 2.16. The average Bonchev–Trinajstić information content (AvgIpc) is 2.69. The maximum Gasteiger partial charge on any atom is 0.161 e. The Bertz CT molecular complexity index is 550. The van der Waals surface area contributed by atoms with Crippen LogP contribution in [-0.4, -0.2) is 38.2 Å². The summed E-state index contributed by atoms with van der Waals surface area (Å²) in [5, 5.41) is 9.51. The molecule has 0 amide bonds. The highest BCUT2D eigenvalue weighted by molar-refractivity contribution is 7.91. The topological polar surface area (TPSA) is 72.8 Å². The molecule has 0 bridgehead atoms. The van der Waals surface area contributed by atoms with E-state index in [-0.39, 0.29) is 17.6 Å². The van der Waals surface area contributed by atoms with Gasteiger partial charge in [0.25, 0.3) is 0 Å². The molecule has 1 aromatic carbocycles. The Morgan fingerprint density at radius 1 is 1.37 bits per heavy atom. The van der Waals surface area contributed by atoms with Crippen LogP contribution in [0.4, 0.5) is 0 Å². The molecule has 6 heteroatoms. The Morgan fingerprint density at radius 3 is 2.63 bits per heavy atom. The highest BCUT2D eigenvalue weighted by atomic mass is 32.2. The van der Waals surface area contributed by atoms with E-state index in [9.17, 15) is 13.5 Å². The smallest absolute Gasteiger partial charge is 0.161 e. The molecule has 1 aromatic rings. The summed E-state index contributed by atoms with van der Waals surface area (Å²) >= 11 is 0. The monoisotopic (exact) mass is 286 g/mol. The van der Waals surface area contributed by atoms with Crippen molar-refractivity contribution in [2.24, 2.45) is 0 Å². The minimum Gasteiger partial charge on any atom is -0.493 e. The van der Waals surface area contributed by atoms with Gasteiger partial charge in [0.1, 0.15) is 6.10 Å². The van der Waals surface area contributed by atoms with Gasteiger partial charge in [-0.25, -0.2) is 8.42 Å². The van der Waals surface area contributed by atoms with Gasteiger partial charge in [0.2, 0.25) is 0 Å². The van der Waals surface area contributed by atoms with Crippen LogP contribution < -0.4 is 9.47 Å². The molecule has 0 saturated carbocycles. The fourth-order valence-electron chi connectivity index (χ4n) is 2.07. The molecule has 5 nitrogen and oxygen atoms in total. The molecule has 1 aliphatic heterocycles. The van der Waals surface area contributed by atoms with Crippen LogP contribution in [0.25, 0.3) is 0 Å². The summed E-state index contributed by atoms with van der Waals surface area (Å²) in [7, 11) is -1.45. The van der Waals surface area contributed by atoms with Gasteiger partial charge >= 0.3 is 0 Å². The van der Waals surface area contributed by atoms with E-state index in [0.29, 0.717) is 17.9 Å².